The van der Waals surface area contributed by atoms with Crippen LogP contribution in [-0.2, 0) is 6.54 Å². The van der Waals surface area contributed by atoms with Crippen molar-refractivity contribution < 1.29 is 8.94 Å². The second-order valence-corrected chi connectivity index (χ2v) is 5.55. The molecule has 1 saturated heterocycles. The van der Waals surface area contributed by atoms with Gasteiger partial charge in [-0.15, -0.1) is 0 Å². The Morgan fingerprint density at radius 3 is 3.10 bits per heavy atom. The Balaban J connectivity index is 1.71. The molecule has 2 unspecified atom stereocenters. The first kappa shape index (κ1) is 13.4. The Kier molecular flexibility index (Phi) is 3.89. The second-order valence-electron chi connectivity index (χ2n) is 5.55. The molecule has 5 heteroatoms. The standard InChI is InChI=1S/C15H21N3O2/c1-11-4-2-6-18(13(11)9-16)10-12-8-15(20-17-12)14-5-3-7-19-14/h3,5,7-8,11,13H,2,4,6,9-10,16H2,1H3. The molecule has 1 aliphatic rings. The van der Waals surface area contributed by atoms with E-state index in [9.17, 15) is 0 Å². The van der Waals surface area contributed by atoms with Gasteiger partial charge in [-0.2, -0.15) is 0 Å². The molecule has 1 fully saturated rings. The van der Waals surface area contributed by atoms with Crippen molar-refractivity contribution in [3.63, 3.8) is 0 Å². The Morgan fingerprint density at radius 1 is 1.45 bits per heavy atom. The largest absolute Gasteiger partial charge is 0.461 e. The average molecular weight is 275 g/mol. The summed E-state index contributed by atoms with van der Waals surface area (Å²) in [5.41, 5.74) is 6.85. The smallest absolute Gasteiger partial charge is 0.202 e. The van der Waals surface area contributed by atoms with Crippen LogP contribution in [0.1, 0.15) is 25.5 Å². The molecule has 0 radical (unpaired) electrons. The zero-order valence-electron chi connectivity index (χ0n) is 11.8. The fourth-order valence-corrected chi connectivity index (χ4v) is 3.04. The molecular weight excluding hydrogens is 254 g/mol. The van der Waals surface area contributed by atoms with Crippen LogP contribution in [0.15, 0.2) is 33.4 Å². The van der Waals surface area contributed by atoms with E-state index in [0.29, 0.717) is 30.0 Å². The summed E-state index contributed by atoms with van der Waals surface area (Å²) >= 11 is 0. The van der Waals surface area contributed by atoms with Crippen LogP contribution >= 0.6 is 0 Å². The first-order chi connectivity index (χ1) is 9.78. The number of piperidine rings is 1. The summed E-state index contributed by atoms with van der Waals surface area (Å²) in [6.07, 6.45) is 4.11. The van der Waals surface area contributed by atoms with E-state index in [1.54, 1.807) is 6.26 Å². The summed E-state index contributed by atoms with van der Waals surface area (Å²) < 4.78 is 10.7. The quantitative estimate of drug-likeness (QED) is 0.928. The second kappa shape index (κ2) is 5.81. The van der Waals surface area contributed by atoms with E-state index < -0.39 is 0 Å². The zero-order valence-corrected chi connectivity index (χ0v) is 11.8. The molecule has 20 heavy (non-hydrogen) atoms. The number of hydrogen-bond donors (Lipinski definition) is 1. The van der Waals surface area contributed by atoms with Crippen LogP contribution in [0, 0.1) is 5.92 Å². The Bertz CT molecular complexity index is 535. The van der Waals surface area contributed by atoms with Gasteiger partial charge in [-0.05, 0) is 37.4 Å². The minimum absolute atomic E-state index is 0.438. The van der Waals surface area contributed by atoms with Crippen molar-refractivity contribution >= 4 is 0 Å². The van der Waals surface area contributed by atoms with Gasteiger partial charge >= 0.3 is 0 Å². The third-order valence-corrected chi connectivity index (χ3v) is 4.16. The molecule has 0 aromatic carbocycles. The van der Waals surface area contributed by atoms with Crippen LogP contribution in [0.2, 0.25) is 0 Å². The Hall–Kier alpha value is -1.59. The third-order valence-electron chi connectivity index (χ3n) is 4.16. The van der Waals surface area contributed by atoms with Gasteiger partial charge in [-0.1, -0.05) is 12.1 Å². The van der Waals surface area contributed by atoms with Crippen LogP contribution in [-0.4, -0.2) is 29.2 Å². The van der Waals surface area contributed by atoms with Crippen molar-refractivity contribution in [2.45, 2.75) is 32.4 Å². The molecule has 0 spiro atoms. The van der Waals surface area contributed by atoms with Gasteiger partial charge in [0.2, 0.25) is 5.76 Å². The van der Waals surface area contributed by atoms with Crippen LogP contribution in [0.3, 0.4) is 0 Å². The molecule has 1 aliphatic heterocycles. The summed E-state index contributed by atoms with van der Waals surface area (Å²) in [5.74, 6) is 2.04. The molecule has 3 heterocycles. The molecule has 108 valence electrons. The monoisotopic (exact) mass is 275 g/mol. The van der Waals surface area contributed by atoms with Crippen LogP contribution in [0.4, 0.5) is 0 Å². The lowest BCUT2D eigenvalue weighted by atomic mass is 9.90. The third kappa shape index (κ3) is 2.64. The molecule has 0 amide bonds. The van der Waals surface area contributed by atoms with E-state index in [2.05, 4.69) is 17.0 Å². The highest BCUT2D eigenvalue weighted by Gasteiger charge is 2.28. The predicted octanol–water partition coefficient (Wildman–Crippen LogP) is 2.49. The van der Waals surface area contributed by atoms with E-state index in [1.165, 1.54) is 12.8 Å². The maximum absolute atomic E-state index is 5.92. The van der Waals surface area contributed by atoms with Gasteiger partial charge in [-0.25, -0.2) is 0 Å². The lowest BCUT2D eigenvalue weighted by molar-refractivity contribution is 0.0966. The van der Waals surface area contributed by atoms with E-state index in [0.717, 1.165) is 18.8 Å². The number of aromatic nitrogens is 1. The summed E-state index contributed by atoms with van der Waals surface area (Å²) in [5, 5.41) is 4.14. The topological polar surface area (TPSA) is 68.4 Å². The number of furan rings is 1. The Morgan fingerprint density at radius 2 is 2.35 bits per heavy atom. The van der Waals surface area contributed by atoms with Crippen molar-refractivity contribution in [3.05, 3.63) is 30.2 Å². The lowest BCUT2D eigenvalue weighted by Crippen LogP contribution is -2.48. The van der Waals surface area contributed by atoms with Crippen molar-refractivity contribution in [1.82, 2.24) is 10.1 Å². The van der Waals surface area contributed by atoms with Gasteiger partial charge < -0.3 is 14.7 Å². The van der Waals surface area contributed by atoms with Gasteiger partial charge in [0.15, 0.2) is 5.76 Å². The Labute approximate surface area is 118 Å². The van der Waals surface area contributed by atoms with Crippen LogP contribution < -0.4 is 5.73 Å². The summed E-state index contributed by atoms with van der Waals surface area (Å²) in [6.45, 7) is 4.84. The highest BCUT2D eigenvalue weighted by Crippen LogP contribution is 2.26. The maximum Gasteiger partial charge on any atom is 0.202 e. The van der Waals surface area contributed by atoms with Gasteiger partial charge in [0.05, 0.1) is 12.0 Å². The molecular formula is C15H21N3O2. The summed E-state index contributed by atoms with van der Waals surface area (Å²) in [6, 6.07) is 6.10. The SMILES string of the molecule is CC1CCCN(Cc2cc(-c3ccco3)on2)C1CN. The molecule has 2 aromatic heterocycles. The van der Waals surface area contributed by atoms with Crippen LogP contribution in [0.5, 0.6) is 0 Å². The molecule has 0 saturated carbocycles. The van der Waals surface area contributed by atoms with Crippen molar-refractivity contribution in [1.29, 1.82) is 0 Å². The molecule has 2 atom stereocenters. The number of rotatable bonds is 4. The van der Waals surface area contributed by atoms with E-state index >= 15 is 0 Å². The first-order valence-electron chi connectivity index (χ1n) is 7.21. The highest BCUT2D eigenvalue weighted by molar-refractivity contribution is 5.49. The number of nitrogens with two attached hydrogens (primary N) is 1. The van der Waals surface area contributed by atoms with Crippen molar-refractivity contribution in [2.75, 3.05) is 13.1 Å². The van der Waals surface area contributed by atoms with E-state index in [1.807, 2.05) is 18.2 Å². The van der Waals surface area contributed by atoms with Crippen LogP contribution in [0.25, 0.3) is 11.5 Å². The summed E-state index contributed by atoms with van der Waals surface area (Å²) in [7, 11) is 0. The number of likely N-dealkylation sites (tertiary alicyclic amines) is 1. The molecule has 2 aromatic rings. The first-order valence-corrected chi connectivity index (χ1v) is 7.21. The molecule has 0 aliphatic carbocycles. The highest BCUT2D eigenvalue weighted by atomic mass is 16.5. The molecule has 2 N–H and O–H groups in total. The van der Waals surface area contributed by atoms with Gasteiger partial charge in [0.25, 0.3) is 0 Å². The van der Waals surface area contributed by atoms with Crippen molar-refractivity contribution in [3.8, 4) is 11.5 Å². The fraction of sp³-hybridized carbons (Fsp3) is 0.533. The molecule has 5 nitrogen and oxygen atoms in total. The molecule has 0 bridgehead atoms. The predicted molar refractivity (Wildman–Crippen MR) is 75.9 cm³/mol. The van der Waals surface area contributed by atoms with Crippen molar-refractivity contribution in [2.24, 2.45) is 11.7 Å². The maximum atomic E-state index is 5.92. The lowest BCUT2D eigenvalue weighted by Gasteiger charge is -2.38. The summed E-state index contributed by atoms with van der Waals surface area (Å²) in [4.78, 5) is 2.41. The number of hydrogen-bond acceptors (Lipinski definition) is 5. The normalized spacial score (nSPS) is 24.1. The minimum Gasteiger partial charge on any atom is -0.461 e. The number of nitrogens with zero attached hydrogens (tertiary/aromatic N) is 2. The minimum atomic E-state index is 0.438. The molecule has 3 rings (SSSR count). The zero-order chi connectivity index (χ0) is 13.9. The average Bonchev–Trinajstić information content (AvgIpc) is 3.09. The van der Waals surface area contributed by atoms with Gasteiger partial charge in [-0.3, -0.25) is 4.90 Å². The van der Waals surface area contributed by atoms with Gasteiger partial charge in [0, 0.05) is 25.2 Å². The van der Waals surface area contributed by atoms with E-state index in [-0.39, 0.29) is 0 Å². The van der Waals surface area contributed by atoms with E-state index in [4.69, 9.17) is 14.7 Å². The van der Waals surface area contributed by atoms with Gasteiger partial charge in [0.1, 0.15) is 0 Å². The fourth-order valence-electron chi connectivity index (χ4n) is 3.04.